The SMILES string of the molecule is Cl.[2H]C([2H])([2H])N1CC(CCC)CC1C(=O)NC(C(C)Cl)C1OC(SC)C(O)C(O)C1O. The van der Waals surface area contributed by atoms with Crippen molar-refractivity contribution in [3.05, 3.63) is 0 Å². The van der Waals surface area contributed by atoms with Gasteiger partial charge in [0, 0.05) is 10.7 Å². The number of ether oxygens (including phenoxy) is 1. The largest absolute Gasteiger partial charge is 0.388 e. The summed E-state index contributed by atoms with van der Waals surface area (Å²) in [5.41, 5.74) is -0.803. The van der Waals surface area contributed by atoms with Crippen molar-refractivity contribution in [2.75, 3.05) is 19.8 Å². The minimum absolute atomic E-state index is 0. The Kier molecular flexibility index (Phi) is 8.84. The molecule has 28 heavy (non-hydrogen) atoms. The Hall–Kier alpha value is 0.200. The van der Waals surface area contributed by atoms with Crippen LogP contribution < -0.4 is 5.32 Å². The summed E-state index contributed by atoms with van der Waals surface area (Å²) in [6.45, 7) is 1.54. The molecule has 2 fully saturated rings. The topological polar surface area (TPSA) is 102 Å². The van der Waals surface area contributed by atoms with Crippen LogP contribution in [0, 0.1) is 5.92 Å². The fourth-order valence-electron chi connectivity index (χ4n) is 3.87. The highest BCUT2D eigenvalue weighted by atomic mass is 35.5. The molecule has 9 unspecified atom stereocenters. The van der Waals surface area contributed by atoms with Gasteiger partial charge in [-0.05, 0) is 38.9 Å². The van der Waals surface area contributed by atoms with E-state index in [0.717, 1.165) is 24.6 Å². The van der Waals surface area contributed by atoms with Crippen molar-refractivity contribution in [1.29, 1.82) is 0 Å². The first-order valence-corrected chi connectivity index (χ1v) is 11.1. The number of hydrogen-bond donors (Lipinski definition) is 4. The molecule has 2 rings (SSSR count). The van der Waals surface area contributed by atoms with Gasteiger partial charge in [-0.15, -0.1) is 35.8 Å². The van der Waals surface area contributed by atoms with Crippen molar-refractivity contribution < 1.29 is 29.0 Å². The molecule has 0 radical (unpaired) electrons. The van der Waals surface area contributed by atoms with Gasteiger partial charge in [0.1, 0.15) is 29.9 Å². The molecule has 2 aliphatic heterocycles. The van der Waals surface area contributed by atoms with Crippen LogP contribution in [0.1, 0.15) is 37.2 Å². The Morgan fingerprint density at radius 2 is 2.07 bits per heavy atom. The molecule has 0 aliphatic carbocycles. The molecule has 0 aromatic heterocycles. The number of halogens is 2. The molecule has 9 atom stereocenters. The van der Waals surface area contributed by atoms with Gasteiger partial charge in [-0.2, -0.15) is 0 Å². The molecular formula is C18H34Cl2N2O5S. The molecule has 166 valence electrons. The number of likely N-dealkylation sites (N-methyl/N-ethyl adjacent to an activating group) is 1. The van der Waals surface area contributed by atoms with E-state index >= 15 is 0 Å². The average molecular weight is 464 g/mol. The van der Waals surface area contributed by atoms with Crippen LogP contribution in [0.3, 0.4) is 0 Å². The number of likely N-dealkylation sites (tertiary alicyclic amines) is 1. The highest BCUT2D eigenvalue weighted by molar-refractivity contribution is 7.99. The second-order valence-electron chi connectivity index (χ2n) is 7.45. The fraction of sp³-hybridized carbons (Fsp3) is 0.944. The van der Waals surface area contributed by atoms with E-state index in [1.54, 1.807) is 13.2 Å². The summed E-state index contributed by atoms with van der Waals surface area (Å²) < 4.78 is 29.1. The molecule has 4 N–H and O–H groups in total. The third-order valence-corrected chi connectivity index (χ3v) is 6.51. The minimum Gasteiger partial charge on any atom is -0.388 e. The molecule has 10 heteroatoms. The molecule has 0 saturated carbocycles. The van der Waals surface area contributed by atoms with Gasteiger partial charge in [-0.3, -0.25) is 9.69 Å². The van der Waals surface area contributed by atoms with Gasteiger partial charge < -0.3 is 25.4 Å². The van der Waals surface area contributed by atoms with Crippen molar-refractivity contribution in [3.63, 3.8) is 0 Å². The van der Waals surface area contributed by atoms with E-state index in [4.69, 9.17) is 20.5 Å². The maximum Gasteiger partial charge on any atom is 0.237 e. The van der Waals surface area contributed by atoms with Gasteiger partial charge in [-0.25, -0.2) is 0 Å². The quantitative estimate of drug-likeness (QED) is 0.414. The molecule has 2 saturated heterocycles. The van der Waals surface area contributed by atoms with E-state index in [-0.39, 0.29) is 18.3 Å². The number of carbonyl (C=O) groups excluding carboxylic acids is 1. The summed E-state index contributed by atoms with van der Waals surface area (Å²) in [5.74, 6) is -0.397. The van der Waals surface area contributed by atoms with Crippen molar-refractivity contribution in [2.45, 2.75) is 80.4 Å². The van der Waals surface area contributed by atoms with E-state index in [2.05, 4.69) is 5.32 Å². The van der Waals surface area contributed by atoms with E-state index in [1.165, 1.54) is 4.90 Å². The molecule has 0 bridgehead atoms. The van der Waals surface area contributed by atoms with Crippen LogP contribution in [0.25, 0.3) is 0 Å². The highest BCUT2D eigenvalue weighted by Crippen LogP contribution is 2.31. The van der Waals surface area contributed by atoms with Gasteiger partial charge >= 0.3 is 0 Å². The first-order valence-electron chi connectivity index (χ1n) is 10.9. The van der Waals surface area contributed by atoms with E-state index < -0.39 is 60.2 Å². The van der Waals surface area contributed by atoms with Crippen LogP contribution in [0.5, 0.6) is 0 Å². The number of hydrogen-bond acceptors (Lipinski definition) is 7. The molecule has 0 aromatic carbocycles. The van der Waals surface area contributed by atoms with Crippen molar-refractivity contribution >= 4 is 41.7 Å². The standard InChI is InChI=1S/C18H33ClN2O5S.ClH/c1-5-6-10-7-11(21(3)8-10)17(25)20-12(9(2)19)16-14(23)13(22)15(24)18(26-16)27-4;/h9-16,18,22-24H,5-8H2,1-4H3,(H,20,25);1H/i3D3;. The summed E-state index contributed by atoms with van der Waals surface area (Å²) in [4.78, 5) is 14.3. The first kappa shape index (κ1) is 21.4. The lowest BCUT2D eigenvalue weighted by Crippen LogP contribution is -2.65. The summed E-state index contributed by atoms with van der Waals surface area (Å²) >= 11 is 7.46. The summed E-state index contributed by atoms with van der Waals surface area (Å²) in [6.07, 6.45) is -1.45. The number of alkyl halides is 1. The van der Waals surface area contributed by atoms with Crippen LogP contribution in [-0.2, 0) is 9.53 Å². The number of rotatable bonds is 7. The molecule has 7 nitrogen and oxygen atoms in total. The number of aliphatic hydroxyl groups excluding tert-OH is 3. The monoisotopic (exact) mass is 463 g/mol. The molecule has 0 spiro atoms. The Morgan fingerprint density at radius 3 is 2.61 bits per heavy atom. The van der Waals surface area contributed by atoms with Crippen molar-refractivity contribution in [2.24, 2.45) is 5.92 Å². The number of nitrogens with one attached hydrogen (secondary N) is 1. The normalized spacial score (nSPS) is 40.5. The lowest BCUT2D eigenvalue weighted by molar-refractivity contribution is -0.205. The third-order valence-electron chi connectivity index (χ3n) is 5.38. The zero-order valence-corrected chi connectivity index (χ0v) is 18.7. The van der Waals surface area contributed by atoms with Gasteiger partial charge in [0.05, 0.1) is 17.5 Å². The molecule has 2 heterocycles. The predicted molar refractivity (Wildman–Crippen MR) is 114 cm³/mol. The maximum absolute atomic E-state index is 13.1. The number of thioether (sulfide) groups is 1. The van der Waals surface area contributed by atoms with Gasteiger partial charge in [0.25, 0.3) is 0 Å². The lowest BCUT2D eigenvalue weighted by atomic mass is 9.92. The average Bonchev–Trinajstić information content (AvgIpc) is 3.09. The maximum atomic E-state index is 13.1. The Bertz CT molecular complexity index is 591. The molecule has 2 aliphatic rings. The summed E-state index contributed by atoms with van der Waals surface area (Å²) in [5, 5.41) is 32.8. The minimum atomic E-state index is -2.41. The second-order valence-corrected chi connectivity index (χ2v) is 9.07. The number of amides is 1. The Balaban J connectivity index is 0.00000480. The van der Waals surface area contributed by atoms with Gasteiger partial charge in [0.15, 0.2) is 0 Å². The van der Waals surface area contributed by atoms with Crippen LogP contribution in [0.15, 0.2) is 0 Å². The zero-order chi connectivity index (χ0) is 22.8. The molecule has 1 amide bonds. The smallest absolute Gasteiger partial charge is 0.237 e. The van der Waals surface area contributed by atoms with E-state index in [9.17, 15) is 20.1 Å². The van der Waals surface area contributed by atoms with Crippen molar-refractivity contribution in [3.8, 4) is 0 Å². The van der Waals surface area contributed by atoms with Gasteiger partial charge in [-0.1, -0.05) is 13.3 Å². The van der Waals surface area contributed by atoms with Crippen LogP contribution in [-0.4, -0.2) is 93.2 Å². The molecule has 0 aromatic rings. The van der Waals surface area contributed by atoms with Gasteiger partial charge in [0.2, 0.25) is 5.91 Å². The molecular weight excluding hydrogens is 427 g/mol. The Morgan fingerprint density at radius 1 is 1.39 bits per heavy atom. The van der Waals surface area contributed by atoms with Crippen LogP contribution >= 0.6 is 35.8 Å². The fourth-order valence-corrected chi connectivity index (χ4v) is 4.76. The van der Waals surface area contributed by atoms with Crippen molar-refractivity contribution in [1.82, 2.24) is 10.2 Å². The van der Waals surface area contributed by atoms with Crippen LogP contribution in [0.2, 0.25) is 0 Å². The highest BCUT2D eigenvalue weighted by Gasteiger charge is 2.48. The van der Waals surface area contributed by atoms with E-state index in [0.29, 0.717) is 13.0 Å². The first-order chi connectivity index (χ1) is 13.9. The summed E-state index contributed by atoms with van der Waals surface area (Å²) in [6, 6.07) is -1.74. The predicted octanol–water partition coefficient (Wildman–Crippen LogP) is 0.811. The van der Waals surface area contributed by atoms with Crippen LogP contribution in [0.4, 0.5) is 0 Å². The number of carbonyl (C=O) groups is 1. The lowest BCUT2D eigenvalue weighted by Gasteiger charge is -2.44. The number of nitrogens with zero attached hydrogens (tertiary/aromatic N) is 1. The van der Waals surface area contributed by atoms with E-state index in [1.807, 2.05) is 6.92 Å². The number of aliphatic hydroxyl groups is 3. The zero-order valence-electron chi connectivity index (χ0n) is 19.3. The second kappa shape index (κ2) is 11.6. The summed E-state index contributed by atoms with van der Waals surface area (Å²) in [7, 11) is 0. The Labute approximate surface area is 187 Å². The third kappa shape index (κ3) is 5.88.